The van der Waals surface area contributed by atoms with Crippen molar-refractivity contribution in [2.24, 2.45) is 5.92 Å². The minimum absolute atomic E-state index is 0.0365. The number of phenols is 1. The lowest BCUT2D eigenvalue weighted by Crippen LogP contribution is -2.54. The van der Waals surface area contributed by atoms with Crippen molar-refractivity contribution in [3.63, 3.8) is 0 Å². The predicted octanol–water partition coefficient (Wildman–Crippen LogP) is 5.66. The van der Waals surface area contributed by atoms with Crippen LogP contribution < -0.4 is 5.32 Å². The van der Waals surface area contributed by atoms with E-state index >= 15 is 0 Å². The molecule has 4 aliphatic rings. The molecule has 50 heavy (non-hydrogen) atoms. The highest BCUT2D eigenvalue weighted by atomic mass is 79.9. The molecule has 0 spiro atoms. The lowest BCUT2D eigenvalue weighted by atomic mass is 9.97. The van der Waals surface area contributed by atoms with Gasteiger partial charge in [-0.3, -0.25) is 9.69 Å². The van der Waals surface area contributed by atoms with E-state index in [1.807, 2.05) is 42.2 Å². The highest BCUT2D eigenvalue weighted by Gasteiger charge is 2.32. The number of nitrogens with one attached hydrogen (secondary N) is 1. The molecule has 274 valence electrons. The van der Waals surface area contributed by atoms with E-state index in [1.54, 1.807) is 11.0 Å². The van der Waals surface area contributed by atoms with Crippen LogP contribution in [0.2, 0.25) is 0 Å². The van der Waals surface area contributed by atoms with Gasteiger partial charge in [0.2, 0.25) is 5.91 Å². The molecular formula is C38H55BrN6O5. The third-order valence-corrected chi connectivity index (χ3v) is 11.3. The average molecular weight is 756 g/mol. The molecule has 4 aliphatic heterocycles. The van der Waals surface area contributed by atoms with Gasteiger partial charge in [-0.1, -0.05) is 38.1 Å². The van der Waals surface area contributed by atoms with Crippen LogP contribution >= 0.6 is 15.9 Å². The molecule has 2 N–H and O–H groups in total. The van der Waals surface area contributed by atoms with Crippen molar-refractivity contribution in [3.8, 4) is 5.75 Å². The Bertz CT molecular complexity index is 1440. The van der Waals surface area contributed by atoms with Crippen molar-refractivity contribution in [1.82, 2.24) is 24.5 Å². The summed E-state index contributed by atoms with van der Waals surface area (Å²) in [5.74, 6) is 0.460. The fourth-order valence-corrected chi connectivity index (χ4v) is 8.20. The van der Waals surface area contributed by atoms with E-state index in [4.69, 9.17) is 4.74 Å². The Labute approximate surface area is 306 Å². The van der Waals surface area contributed by atoms with Gasteiger partial charge in [-0.2, -0.15) is 0 Å². The number of rotatable bonds is 7. The summed E-state index contributed by atoms with van der Waals surface area (Å²) >= 11 is 3.35. The number of piperidine rings is 2. The molecule has 4 amide bonds. The molecule has 11 nitrogen and oxygen atoms in total. The first kappa shape index (κ1) is 37.9. The van der Waals surface area contributed by atoms with E-state index < -0.39 is 0 Å². The van der Waals surface area contributed by atoms with E-state index in [1.165, 1.54) is 51.8 Å². The number of likely N-dealkylation sites (tertiary alicyclic amines) is 2. The number of anilines is 1. The maximum absolute atomic E-state index is 12.9. The number of halogens is 1. The number of benzene rings is 2. The Morgan fingerprint density at radius 1 is 0.920 bits per heavy atom. The Hall–Kier alpha value is -3.35. The number of hydrogen-bond acceptors (Lipinski definition) is 7. The molecule has 0 unspecified atom stereocenters. The number of para-hydroxylation sites is 1. The average Bonchev–Trinajstić information content (AvgIpc) is 3.31. The molecule has 6 rings (SSSR count). The summed E-state index contributed by atoms with van der Waals surface area (Å²) in [5, 5.41) is 12.6. The van der Waals surface area contributed by atoms with Gasteiger partial charge in [0, 0.05) is 82.6 Å². The molecule has 2 aromatic carbocycles. The molecule has 0 aromatic heterocycles. The Balaban J connectivity index is 0.000000200. The first-order valence-electron chi connectivity index (χ1n) is 18.4. The lowest BCUT2D eigenvalue weighted by molar-refractivity contribution is -0.136. The number of piperazine rings is 1. The number of fused-ring (bicyclic) bond motifs is 1. The monoisotopic (exact) mass is 754 g/mol. The quantitative estimate of drug-likeness (QED) is 0.376. The third-order valence-electron chi connectivity index (χ3n) is 10.7. The number of nitrogens with zero attached hydrogens (tertiary/aromatic N) is 5. The fraction of sp³-hybridized carbons (Fsp3) is 0.605. The number of carbonyl (C=O) groups excluding carboxylic acids is 3. The van der Waals surface area contributed by atoms with Crippen LogP contribution in [0.5, 0.6) is 5.75 Å². The van der Waals surface area contributed by atoms with E-state index in [0.717, 1.165) is 56.4 Å². The molecule has 1 atom stereocenters. The molecular weight excluding hydrogens is 700 g/mol. The second-order valence-corrected chi connectivity index (χ2v) is 14.9. The highest BCUT2D eigenvalue weighted by Crippen LogP contribution is 2.27. The topological polar surface area (TPSA) is 109 Å². The van der Waals surface area contributed by atoms with Gasteiger partial charge < -0.3 is 34.8 Å². The molecule has 0 bridgehead atoms. The van der Waals surface area contributed by atoms with Gasteiger partial charge in [0.15, 0.2) is 0 Å². The van der Waals surface area contributed by atoms with Gasteiger partial charge in [-0.25, -0.2) is 9.59 Å². The van der Waals surface area contributed by atoms with Gasteiger partial charge in [0.05, 0.1) is 11.6 Å². The van der Waals surface area contributed by atoms with Gasteiger partial charge in [-0.15, -0.1) is 0 Å². The van der Waals surface area contributed by atoms with Crippen molar-refractivity contribution in [2.45, 2.75) is 70.9 Å². The van der Waals surface area contributed by atoms with Crippen LogP contribution in [0.3, 0.4) is 0 Å². The molecule has 12 heteroatoms. The van der Waals surface area contributed by atoms with E-state index in [9.17, 15) is 19.5 Å². The van der Waals surface area contributed by atoms with E-state index in [0.29, 0.717) is 36.6 Å². The van der Waals surface area contributed by atoms with Crippen LogP contribution in [0.1, 0.15) is 57.1 Å². The van der Waals surface area contributed by atoms with Gasteiger partial charge >= 0.3 is 12.1 Å². The Morgan fingerprint density at radius 2 is 1.58 bits per heavy atom. The lowest BCUT2D eigenvalue weighted by Gasteiger charge is -2.43. The van der Waals surface area contributed by atoms with Crippen LogP contribution in [0.15, 0.2) is 46.9 Å². The van der Waals surface area contributed by atoms with Crippen LogP contribution in [-0.4, -0.2) is 132 Å². The molecule has 4 heterocycles. The number of hydrogen-bond donors (Lipinski definition) is 2. The summed E-state index contributed by atoms with van der Waals surface area (Å²) in [5.41, 5.74) is 3.15. The second kappa shape index (κ2) is 18.2. The Morgan fingerprint density at radius 3 is 2.24 bits per heavy atom. The molecule has 0 aliphatic carbocycles. The first-order valence-corrected chi connectivity index (χ1v) is 19.2. The van der Waals surface area contributed by atoms with E-state index in [-0.39, 0.29) is 35.7 Å². The number of aromatic hydroxyl groups is 1. The second-order valence-electron chi connectivity index (χ2n) is 14.0. The predicted molar refractivity (Wildman–Crippen MR) is 199 cm³/mol. The van der Waals surface area contributed by atoms with Crippen molar-refractivity contribution < 1.29 is 24.2 Å². The van der Waals surface area contributed by atoms with Crippen LogP contribution in [0.25, 0.3) is 0 Å². The molecule has 2 aromatic rings. The Kier molecular flexibility index (Phi) is 13.8. The smallest absolute Gasteiger partial charge is 0.409 e. The number of phenolic OH excluding ortho intramolecular Hbond substituents is 1. The molecule has 3 fully saturated rings. The zero-order valence-corrected chi connectivity index (χ0v) is 31.6. The summed E-state index contributed by atoms with van der Waals surface area (Å²) in [7, 11) is 1.40. The van der Waals surface area contributed by atoms with Crippen molar-refractivity contribution in [3.05, 3.63) is 58.1 Å². The summed E-state index contributed by atoms with van der Waals surface area (Å²) < 4.78 is 5.43. The fourth-order valence-electron chi connectivity index (χ4n) is 7.78. The van der Waals surface area contributed by atoms with Crippen LogP contribution in [0.4, 0.5) is 15.3 Å². The minimum Gasteiger partial charge on any atom is -0.507 e. The SMILES string of the molecule is CCCN1CCN(C2CCN(C(=O)[C@H](C)Cc3ccc(O)c(Br)c3)CC2)CC1.COC(=O)N1CCC(N2CCc3ccccc3NC2=O)CC1. The molecule has 0 radical (unpaired) electrons. The zero-order chi connectivity index (χ0) is 35.6. The van der Waals surface area contributed by atoms with Crippen LogP contribution in [-0.2, 0) is 22.4 Å². The highest BCUT2D eigenvalue weighted by molar-refractivity contribution is 9.10. The van der Waals surface area contributed by atoms with E-state index in [2.05, 4.69) is 48.9 Å². The summed E-state index contributed by atoms with van der Waals surface area (Å²) in [6.45, 7) is 13.9. The summed E-state index contributed by atoms with van der Waals surface area (Å²) in [6, 6.07) is 14.2. The summed E-state index contributed by atoms with van der Waals surface area (Å²) in [4.78, 5) is 47.8. The maximum Gasteiger partial charge on any atom is 0.409 e. The third kappa shape index (κ3) is 9.91. The number of carbonyl (C=O) groups is 3. The van der Waals surface area contributed by atoms with Gasteiger partial charge in [-0.05, 0) is 96.7 Å². The minimum atomic E-state index is -0.286. The van der Waals surface area contributed by atoms with Crippen molar-refractivity contribution in [2.75, 3.05) is 77.9 Å². The largest absolute Gasteiger partial charge is 0.507 e. The first-order chi connectivity index (χ1) is 24.2. The number of ether oxygens (including phenoxy) is 1. The number of amides is 4. The molecule has 0 saturated carbocycles. The standard InChI is InChI=1S/C22H34BrN3O2.C16H21N3O3/c1-3-8-24-11-13-25(14-12-24)19-6-9-26(10-7-19)22(28)17(2)15-18-4-5-21(27)20(23)16-18;1-22-16(21)18-9-7-13(8-10-18)19-11-6-12-4-2-3-5-14(12)17-15(19)20/h4-5,16-17,19,27H,3,6-15H2,1-2H3;2-5,13H,6-11H2,1H3,(H,17,20)/t17-;/m1./s1. The van der Waals surface area contributed by atoms with Gasteiger partial charge in [0.25, 0.3) is 0 Å². The zero-order valence-electron chi connectivity index (χ0n) is 30.0. The summed E-state index contributed by atoms with van der Waals surface area (Å²) in [6.07, 6.45) is 6.28. The maximum atomic E-state index is 12.9. The number of urea groups is 1. The van der Waals surface area contributed by atoms with Crippen LogP contribution in [0, 0.1) is 5.92 Å². The van der Waals surface area contributed by atoms with Crippen molar-refractivity contribution in [1.29, 1.82) is 0 Å². The molecule has 3 saturated heterocycles. The van der Waals surface area contributed by atoms with Crippen molar-refractivity contribution >= 4 is 39.6 Å². The normalized spacial score (nSPS) is 20.2. The van der Waals surface area contributed by atoms with Gasteiger partial charge in [0.1, 0.15) is 5.75 Å². The number of methoxy groups -OCH3 is 1.